The molecule has 0 saturated carbocycles. The Hall–Kier alpha value is -2.18. The van der Waals surface area contributed by atoms with E-state index >= 15 is 0 Å². The minimum absolute atomic E-state index is 0.0428. The van der Waals surface area contributed by atoms with Crippen molar-refractivity contribution in [2.45, 2.75) is 29.5 Å². The zero-order valence-electron chi connectivity index (χ0n) is 15.8. The molecular weight excluding hydrogens is 418 g/mol. The summed E-state index contributed by atoms with van der Waals surface area (Å²) in [6.07, 6.45) is 3.14. The highest BCUT2D eigenvalue weighted by molar-refractivity contribution is 7.93. The number of hydrogen-bond acceptors (Lipinski definition) is 7. The molecule has 1 unspecified atom stereocenters. The fraction of sp³-hybridized carbons (Fsp3) is 0.333. The number of hydroxylamine groups is 1. The predicted octanol–water partition coefficient (Wildman–Crippen LogP) is 1.28. The number of hydrogen-bond donors (Lipinski definition) is 2. The van der Waals surface area contributed by atoms with Crippen molar-refractivity contribution in [2.75, 3.05) is 12.3 Å². The first kappa shape index (κ1) is 21.5. The lowest BCUT2D eigenvalue weighted by atomic mass is 10.0. The SMILES string of the molecule is CC1(C)[C@H](C(=O)NO)N(S(=O)(=O)c2ccc(Oc3ccncc3)cc2)CC[S+]1[O-]. The maximum absolute atomic E-state index is 13.2. The van der Waals surface area contributed by atoms with Crippen LogP contribution in [0, 0.1) is 0 Å². The van der Waals surface area contributed by atoms with Crippen LogP contribution in [-0.2, 0) is 26.0 Å². The third-order valence-electron chi connectivity index (χ3n) is 4.70. The molecule has 1 aliphatic rings. The average Bonchev–Trinajstić information content (AvgIpc) is 2.70. The molecule has 3 rings (SSSR count). The van der Waals surface area contributed by atoms with Crippen molar-refractivity contribution < 1.29 is 27.7 Å². The van der Waals surface area contributed by atoms with Crippen LogP contribution >= 0.6 is 0 Å². The number of aromatic nitrogens is 1. The molecule has 1 saturated heterocycles. The predicted molar refractivity (Wildman–Crippen MR) is 105 cm³/mol. The summed E-state index contributed by atoms with van der Waals surface area (Å²) in [7, 11) is -4.09. The van der Waals surface area contributed by atoms with Gasteiger partial charge >= 0.3 is 0 Å². The Labute approximate surface area is 171 Å². The number of amides is 1. The van der Waals surface area contributed by atoms with E-state index in [2.05, 4.69) is 4.98 Å². The minimum atomic E-state index is -4.09. The largest absolute Gasteiger partial charge is 0.616 e. The van der Waals surface area contributed by atoms with Crippen LogP contribution in [0.1, 0.15) is 13.8 Å². The molecule has 0 bridgehead atoms. The maximum atomic E-state index is 13.2. The summed E-state index contributed by atoms with van der Waals surface area (Å²) in [5.74, 6) is 0.143. The lowest BCUT2D eigenvalue weighted by molar-refractivity contribution is -0.134. The van der Waals surface area contributed by atoms with E-state index in [0.717, 1.165) is 4.31 Å². The number of benzene rings is 1. The van der Waals surface area contributed by atoms with E-state index < -0.39 is 37.9 Å². The van der Waals surface area contributed by atoms with Crippen molar-refractivity contribution in [2.24, 2.45) is 0 Å². The monoisotopic (exact) mass is 439 g/mol. The van der Waals surface area contributed by atoms with E-state index in [1.807, 2.05) is 0 Å². The highest BCUT2D eigenvalue weighted by atomic mass is 32.2. The molecule has 29 heavy (non-hydrogen) atoms. The van der Waals surface area contributed by atoms with E-state index in [1.54, 1.807) is 24.5 Å². The van der Waals surface area contributed by atoms with Crippen LogP contribution in [0.3, 0.4) is 0 Å². The van der Waals surface area contributed by atoms with Crippen molar-refractivity contribution in [3.8, 4) is 11.5 Å². The number of carbonyl (C=O) groups is 1. The van der Waals surface area contributed by atoms with Gasteiger partial charge in [0.15, 0.2) is 6.04 Å². The Bertz CT molecular complexity index is 967. The second-order valence-corrected chi connectivity index (χ2v) is 10.9. The molecular formula is C18H21N3O6S2. The molecule has 1 aromatic heterocycles. The lowest BCUT2D eigenvalue weighted by Crippen LogP contribution is -2.66. The number of carbonyl (C=O) groups excluding carboxylic acids is 1. The van der Waals surface area contributed by atoms with Crippen LogP contribution in [0.5, 0.6) is 11.5 Å². The van der Waals surface area contributed by atoms with E-state index in [-0.39, 0.29) is 17.2 Å². The Kier molecular flexibility index (Phi) is 6.15. The summed E-state index contributed by atoms with van der Waals surface area (Å²) >= 11 is -1.44. The van der Waals surface area contributed by atoms with Crippen LogP contribution in [0.25, 0.3) is 0 Å². The molecule has 2 aromatic rings. The molecule has 0 aliphatic carbocycles. The molecule has 1 amide bonds. The van der Waals surface area contributed by atoms with Crippen molar-refractivity contribution in [1.29, 1.82) is 0 Å². The number of nitrogens with one attached hydrogen (secondary N) is 1. The Morgan fingerprint density at radius 3 is 2.41 bits per heavy atom. The fourth-order valence-electron chi connectivity index (χ4n) is 3.16. The van der Waals surface area contributed by atoms with Crippen LogP contribution in [0.15, 0.2) is 53.7 Å². The van der Waals surface area contributed by atoms with Gasteiger partial charge in [-0.2, -0.15) is 4.31 Å². The van der Waals surface area contributed by atoms with Crippen LogP contribution in [0.4, 0.5) is 0 Å². The third-order valence-corrected chi connectivity index (χ3v) is 8.53. The van der Waals surface area contributed by atoms with Crippen molar-refractivity contribution in [3.63, 3.8) is 0 Å². The molecule has 1 fully saturated rings. The van der Waals surface area contributed by atoms with Gasteiger partial charge in [0, 0.05) is 12.4 Å². The van der Waals surface area contributed by atoms with Crippen molar-refractivity contribution >= 4 is 27.1 Å². The minimum Gasteiger partial charge on any atom is -0.616 e. The van der Waals surface area contributed by atoms with Gasteiger partial charge in [0.1, 0.15) is 22.0 Å². The second-order valence-electron chi connectivity index (χ2n) is 6.90. The summed E-state index contributed by atoms with van der Waals surface area (Å²) in [6.45, 7) is 2.97. The van der Waals surface area contributed by atoms with E-state index in [9.17, 15) is 17.8 Å². The maximum Gasteiger partial charge on any atom is 0.267 e. The topological polar surface area (TPSA) is 132 Å². The van der Waals surface area contributed by atoms with E-state index in [0.29, 0.717) is 11.5 Å². The standard InChI is InChI=1S/C18H21N3O6S2/c1-18(2)16(17(22)20-23)21(11-12-28(18)24)29(25,26)15-5-3-13(4-6-15)27-14-7-9-19-10-8-14/h3-10,16,23H,11-12H2,1-2H3,(H,20,22)/t16-,28?/m0/s1. The van der Waals surface area contributed by atoms with Gasteiger partial charge in [-0.25, -0.2) is 13.9 Å². The quantitative estimate of drug-likeness (QED) is 0.407. The van der Waals surface area contributed by atoms with Gasteiger partial charge in [0.25, 0.3) is 5.91 Å². The normalized spacial score (nSPS) is 22.1. The zero-order chi connectivity index (χ0) is 21.2. The lowest BCUT2D eigenvalue weighted by Gasteiger charge is -2.44. The highest BCUT2D eigenvalue weighted by Crippen LogP contribution is 2.34. The molecule has 0 spiro atoms. The van der Waals surface area contributed by atoms with Crippen molar-refractivity contribution in [3.05, 3.63) is 48.8 Å². The first-order valence-corrected chi connectivity index (χ1v) is 11.5. The highest BCUT2D eigenvalue weighted by Gasteiger charge is 2.55. The molecule has 11 heteroatoms. The molecule has 1 aliphatic heterocycles. The van der Waals surface area contributed by atoms with Gasteiger partial charge in [-0.15, -0.1) is 0 Å². The summed E-state index contributed by atoms with van der Waals surface area (Å²) < 4.78 is 44.2. The molecule has 2 heterocycles. The molecule has 2 atom stereocenters. The van der Waals surface area contributed by atoms with Crippen molar-refractivity contribution in [1.82, 2.24) is 14.8 Å². The smallest absolute Gasteiger partial charge is 0.267 e. The zero-order valence-corrected chi connectivity index (χ0v) is 17.4. The van der Waals surface area contributed by atoms with Gasteiger partial charge in [0.2, 0.25) is 10.0 Å². The molecule has 9 nitrogen and oxygen atoms in total. The second kappa shape index (κ2) is 8.28. The summed E-state index contributed by atoms with van der Waals surface area (Å²) in [5, 5.41) is 9.10. The van der Waals surface area contributed by atoms with E-state index in [1.165, 1.54) is 43.6 Å². The summed E-state index contributed by atoms with van der Waals surface area (Å²) in [4.78, 5) is 16.1. The number of pyridine rings is 1. The third kappa shape index (κ3) is 4.23. The van der Waals surface area contributed by atoms with Gasteiger partial charge in [0.05, 0.1) is 11.4 Å². The number of nitrogens with zero attached hydrogens (tertiary/aromatic N) is 2. The van der Waals surface area contributed by atoms with Gasteiger partial charge in [-0.1, -0.05) is 0 Å². The number of sulfonamides is 1. The Morgan fingerprint density at radius 1 is 1.24 bits per heavy atom. The van der Waals surface area contributed by atoms with E-state index in [4.69, 9.17) is 9.94 Å². The molecule has 156 valence electrons. The van der Waals surface area contributed by atoms with Gasteiger partial charge in [-0.05, 0) is 61.4 Å². The van der Waals surface area contributed by atoms with Crippen LogP contribution in [-0.4, -0.2) is 56.5 Å². The molecule has 1 aromatic carbocycles. The first-order chi connectivity index (χ1) is 13.7. The Balaban J connectivity index is 1.89. The average molecular weight is 440 g/mol. The fourth-order valence-corrected chi connectivity index (χ4v) is 6.43. The van der Waals surface area contributed by atoms with Crippen LogP contribution < -0.4 is 10.2 Å². The number of rotatable bonds is 5. The van der Waals surface area contributed by atoms with Crippen LogP contribution in [0.2, 0.25) is 0 Å². The Morgan fingerprint density at radius 2 is 1.83 bits per heavy atom. The summed E-state index contributed by atoms with van der Waals surface area (Å²) in [5.41, 5.74) is 1.50. The van der Waals surface area contributed by atoms with Gasteiger partial charge < -0.3 is 9.29 Å². The van der Waals surface area contributed by atoms with Gasteiger partial charge in [-0.3, -0.25) is 15.0 Å². The first-order valence-electron chi connectivity index (χ1n) is 8.70. The number of ether oxygens (including phenoxy) is 1. The molecule has 2 N–H and O–H groups in total. The molecule has 0 radical (unpaired) electrons. The summed E-state index contributed by atoms with van der Waals surface area (Å²) in [6, 6.07) is 7.76.